The average Bonchev–Trinajstić information content (AvgIpc) is 2.16. The predicted molar refractivity (Wildman–Crippen MR) is 58.3 cm³/mol. The van der Waals surface area contributed by atoms with Gasteiger partial charge in [-0.1, -0.05) is 13.8 Å². The van der Waals surface area contributed by atoms with E-state index >= 15 is 0 Å². The van der Waals surface area contributed by atoms with Crippen LogP contribution in [0.3, 0.4) is 0 Å². The molecule has 0 unspecified atom stereocenters. The Kier molecular flexibility index (Phi) is 3.89. The average molecular weight is 194 g/mol. The van der Waals surface area contributed by atoms with Gasteiger partial charge in [-0.05, 0) is 12.0 Å². The van der Waals surface area contributed by atoms with Gasteiger partial charge in [-0.25, -0.2) is 0 Å². The van der Waals surface area contributed by atoms with Crippen molar-refractivity contribution in [3.63, 3.8) is 0 Å². The number of anilines is 1. The molecule has 0 saturated carbocycles. The molecular weight excluding hydrogens is 176 g/mol. The largest absolute Gasteiger partial charge is 0.392 e. The summed E-state index contributed by atoms with van der Waals surface area (Å²) in [7, 11) is 2.04. The Morgan fingerprint density at radius 3 is 2.79 bits per heavy atom. The molecule has 0 bridgehead atoms. The van der Waals surface area contributed by atoms with Crippen LogP contribution in [0.15, 0.2) is 18.5 Å². The van der Waals surface area contributed by atoms with Crippen molar-refractivity contribution < 1.29 is 5.11 Å². The van der Waals surface area contributed by atoms with Gasteiger partial charge in [0.25, 0.3) is 0 Å². The van der Waals surface area contributed by atoms with Gasteiger partial charge in [-0.2, -0.15) is 0 Å². The summed E-state index contributed by atoms with van der Waals surface area (Å²) >= 11 is 0. The van der Waals surface area contributed by atoms with Crippen molar-refractivity contribution in [3.05, 3.63) is 24.0 Å². The van der Waals surface area contributed by atoms with Crippen LogP contribution in [0.2, 0.25) is 0 Å². The van der Waals surface area contributed by atoms with Crippen LogP contribution in [-0.2, 0) is 6.61 Å². The van der Waals surface area contributed by atoms with E-state index in [1.807, 2.05) is 13.1 Å². The van der Waals surface area contributed by atoms with Crippen LogP contribution in [0.4, 0.5) is 5.69 Å². The second-order valence-electron chi connectivity index (χ2n) is 3.94. The quantitative estimate of drug-likeness (QED) is 0.792. The molecular formula is C11H18N2O. The Morgan fingerprint density at radius 1 is 1.50 bits per heavy atom. The Morgan fingerprint density at radius 2 is 2.21 bits per heavy atom. The van der Waals surface area contributed by atoms with Crippen LogP contribution in [0, 0.1) is 5.92 Å². The van der Waals surface area contributed by atoms with Crippen molar-refractivity contribution in [2.24, 2.45) is 5.92 Å². The van der Waals surface area contributed by atoms with Gasteiger partial charge in [-0.3, -0.25) is 4.98 Å². The van der Waals surface area contributed by atoms with Crippen molar-refractivity contribution in [3.8, 4) is 0 Å². The van der Waals surface area contributed by atoms with E-state index in [0.717, 1.165) is 17.8 Å². The molecule has 0 aliphatic heterocycles. The van der Waals surface area contributed by atoms with E-state index in [-0.39, 0.29) is 6.61 Å². The number of hydrogen-bond acceptors (Lipinski definition) is 3. The Hall–Kier alpha value is -1.09. The molecule has 0 saturated heterocycles. The SMILES string of the molecule is CC(C)CN(C)c1ccncc1CO. The lowest BCUT2D eigenvalue weighted by molar-refractivity contribution is 0.281. The summed E-state index contributed by atoms with van der Waals surface area (Å²) in [6, 6.07) is 1.94. The molecule has 0 aromatic carbocycles. The lowest BCUT2D eigenvalue weighted by Crippen LogP contribution is -2.23. The van der Waals surface area contributed by atoms with Gasteiger partial charge < -0.3 is 10.0 Å². The van der Waals surface area contributed by atoms with Crippen molar-refractivity contribution in [1.29, 1.82) is 0 Å². The molecule has 0 radical (unpaired) electrons. The number of hydrogen-bond donors (Lipinski definition) is 1. The molecule has 78 valence electrons. The highest BCUT2D eigenvalue weighted by molar-refractivity contribution is 5.51. The second-order valence-corrected chi connectivity index (χ2v) is 3.94. The maximum absolute atomic E-state index is 9.13. The lowest BCUT2D eigenvalue weighted by atomic mass is 10.1. The van der Waals surface area contributed by atoms with Crippen LogP contribution < -0.4 is 4.90 Å². The molecule has 0 spiro atoms. The van der Waals surface area contributed by atoms with E-state index in [1.165, 1.54) is 0 Å². The third kappa shape index (κ3) is 2.70. The van der Waals surface area contributed by atoms with Gasteiger partial charge in [0, 0.05) is 37.2 Å². The Balaban J connectivity index is 2.82. The van der Waals surface area contributed by atoms with Gasteiger partial charge in [0.15, 0.2) is 0 Å². The summed E-state index contributed by atoms with van der Waals surface area (Å²) in [6.45, 7) is 5.38. The molecule has 14 heavy (non-hydrogen) atoms. The predicted octanol–water partition coefficient (Wildman–Crippen LogP) is 1.67. The number of aliphatic hydroxyl groups excluding tert-OH is 1. The summed E-state index contributed by atoms with van der Waals surface area (Å²) in [5.41, 5.74) is 1.95. The minimum absolute atomic E-state index is 0.0472. The van der Waals surface area contributed by atoms with Gasteiger partial charge in [-0.15, -0.1) is 0 Å². The van der Waals surface area contributed by atoms with E-state index in [2.05, 4.69) is 23.7 Å². The number of nitrogens with zero attached hydrogens (tertiary/aromatic N) is 2. The maximum Gasteiger partial charge on any atom is 0.0717 e. The van der Waals surface area contributed by atoms with Crippen LogP contribution in [0.1, 0.15) is 19.4 Å². The third-order valence-corrected chi connectivity index (χ3v) is 2.10. The molecule has 1 heterocycles. The van der Waals surface area contributed by atoms with Gasteiger partial charge in [0.1, 0.15) is 0 Å². The number of aliphatic hydroxyl groups is 1. The number of aromatic nitrogens is 1. The normalized spacial score (nSPS) is 10.6. The van der Waals surface area contributed by atoms with Crippen LogP contribution in [0.5, 0.6) is 0 Å². The summed E-state index contributed by atoms with van der Waals surface area (Å²) in [6.07, 6.45) is 3.47. The third-order valence-electron chi connectivity index (χ3n) is 2.10. The van der Waals surface area contributed by atoms with Crippen LogP contribution in [-0.4, -0.2) is 23.7 Å². The van der Waals surface area contributed by atoms with E-state index in [9.17, 15) is 0 Å². The molecule has 0 aliphatic rings. The topological polar surface area (TPSA) is 36.4 Å². The van der Waals surface area contributed by atoms with E-state index in [0.29, 0.717) is 5.92 Å². The molecule has 3 nitrogen and oxygen atoms in total. The smallest absolute Gasteiger partial charge is 0.0717 e. The minimum Gasteiger partial charge on any atom is -0.392 e. The molecule has 3 heteroatoms. The van der Waals surface area contributed by atoms with Crippen molar-refractivity contribution >= 4 is 5.69 Å². The van der Waals surface area contributed by atoms with Gasteiger partial charge >= 0.3 is 0 Å². The van der Waals surface area contributed by atoms with Crippen molar-refractivity contribution in [2.75, 3.05) is 18.5 Å². The molecule has 0 atom stereocenters. The summed E-state index contributed by atoms with van der Waals surface area (Å²) in [5, 5.41) is 9.13. The highest BCUT2D eigenvalue weighted by Gasteiger charge is 2.07. The maximum atomic E-state index is 9.13. The minimum atomic E-state index is 0.0472. The molecule has 1 rings (SSSR count). The molecule has 1 N–H and O–H groups in total. The standard InChI is InChI=1S/C11H18N2O/c1-9(2)7-13(3)11-4-5-12-6-10(11)8-14/h4-6,9,14H,7-8H2,1-3H3. The lowest BCUT2D eigenvalue weighted by Gasteiger charge is -2.23. The highest BCUT2D eigenvalue weighted by atomic mass is 16.3. The molecule has 1 aromatic rings. The fraction of sp³-hybridized carbons (Fsp3) is 0.545. The van der Waals surface area contributed by atoms with Crippen molar-refractivity contribution in [1.82, 2.24) is 4.98 Å². The molecule has 0 fully saturated rings. The Labute approximate surface area is 85.4 Å². The summed E-state index contributed by atoms with van der Waals surface area (Å²) in [5.74, 6) is 0.611. The second kappa shape index (κ2) is 4.96. The van der Waals surface area contributed by atoms with E-state index < -0.39 is 0 Å². The number of rotatable bonds is 4. The first kappa shape index (κ1) is 11.0. The molecule has 0 aliphatic carbocycles. The zero-order valence-electron chi connectivity index (χ0n) is 9.07. The first-order chi connectivity index (χ1) is 6.65. The first-order valence-corrected chi connectivity index (χ1v) is 4.90. The Bertz CT molecular complexity index is 286. The summed E-state index contributed by atoms with van der Waals surface area (Å²) in [4.78, 5) is 6.14. The van der Waals surface area contributed by atoms with Crippen LogP contribution >= 0.6 is 0 Å². The fourth-order valence-electron chi connectivity index (χ4n) is 1.56. The zero-order valence-corrected chi connectivity index (χ0v) is 9.07. The van der Waals surface area contributed by atoms with E-state index in [1.54, 1.807) is 12.4 Å². The van der Waals surface area contributed by atoms with E-state index in [4.69, 9.17) is 5.11 Å². The van der Waals surface area contributed by atoms with Gasteiger partial charge in [0.2, 0.25) is 0 Å². The number of pyridine rings is 1. The fourth-order valence-corrected chi connectivity index (χ4v) is 1.56. The monoisotopic (exact) mass is 194 g/mol. The molecule has 1 aromatic heterocycles. The van der Waals surface area contributed by atoms with Crippen LogP contribution in [0.25, 0.3) is 0 Å². The van der Waals surface area contributed by atoms with Crippen molar-refractivity contribution in [2.45, 2.75) is 20.5 Å². The zero-order chi connectivity index (χ0) is 10.6. The molecule has 0 amide bonds. The summed E-state index contributed by atoms with van der Waals surface area (Å²) < 4.78 is 0. The highest BCUT2D eigenvalue weighted by Crippen LogP contribution is 2.18. The first-order valence-electron chi connectivity index (χ1n) is 4.90. The van der Waals surface area contributed by atoms with Gasteiger partial charge in [0.05, 0.1) is 6.61 Å².